The highest BCUT2D eigenvalue weighted by molar-refractivity contribution is 7.92. The predicted octanol–water partition coefficient (Wildman–Crippen LogP) is 2.01. The van der Waals surface area contributed by atoms with E-state index in [9.17, 15) is 17.6 Å². The van der Waals surface area contributed by atoms with Gasteiger partial charge in [-0.2, -0.15) is 0 Å². The average molecular weight is 379 g/mol. The topological polar surface area (TPSA) is 66.5 Å². The van der Waals surface area contributed by atoms with Crippen molar-refractivity contribution in [3.63, 3.8) is 0 Å². The van der Waals surface area contributed by atoms with Crippen LogP contribution in [0.15, 0.2) is 29.2 Å². The Labute approximate surface area is 148 Å². The van der Waals surface area contributed by atoms with Crippen molar-refractivity contribution in [2.45, 2.75) is 42.4 Å². The number of likely N-dealkylation sites (tertiary alicyclic amines) is 1. The van der Waals surface area contributed by atoms with E-state index < -0.39 is 20.9 Å². The smallest absolute Gasteiger partial charge is 0.223 e. The third-order valence-corrected chi connectivity index (χ3v) is 6.55. The summed E-state index contributed by atoms with van der Waals surface area (Å²) in [5.41, 5.74) is 0. The van der Waals surface area contributed by atoms with Crippen molar-refractivity contribution >= 4 is 28.2 Å². The van der Waals surface area contributed by atoms with E-state index in [0.29, 0.717) is 19.1 Å². The molecule has 8 heteroatoms. The number of hydrogen-bond acceptors (Lipinski definition) is 4. The van der Waals surface area contributed by atoms with Crippen molar-refractivity contribution in [1.82, 2.24) is 10.2 Å². The summed E-state index contributed by atoms with van der Waals surface area (Å²) in [6.07, 6.45) is 1.70. The van der Waals surface area contributed by atoms with Crippen LogP contribution in [0.4, 0.5) is 4.39 Å². The van der Waals surface area contributed by atoms with E-state index in [4.69, 9.17) is 0 Å². The molecule has 0 bridgehead atoms. The van der Waals surface area contributed by atoms with Crippen LogP contribution in [0.1, 0.15) is 26.2 Å². The number of nitrogens with one attached hydrogen (secondary N) is 1. The Balaban J connectivity index is 0.00000288. The summed E-state index contributed by atoms with van der Waals surface area (Å²) >= 11 is 0. The van der Waals surface area contributed by atoms with Gasteiger partial charge in [0.05, 0.1) is 10.1 Å². The Morgan fingerprint density at radius 1 is 1.29 bits per heavy atom. The highest BCUT2D eigenvalue weighted by Crippen LogP contribution is 2.20. The molecule has 1 aromatic carbocycles. The first-order valence-corrected chi connectivity index (χ1v) is 9.33. The van der Waals surface area contributed by atoms with Crippen LogP contribution in [0.2, 0.25) is 0 Å². The second kappa shape index (κ2) is 8.78. The zero-order valence-corrected chi connectivity index (χ0v) is 15.5. The van der Waals surface area contributed by atoms with Crippen LogP contribution >= 0.6 is 12.4 Å². The molecule has 1 unspecified atom stereocenters. The Bertz CT molecular complexity index is 644. The standard InChI is InChI=1S/C16H23FN2O3S.ClH/c1-12(23(21,22)15-5-3-13(17)4-6-15)11-16(20)19-9-7-14(18-2)8-10-19;/h3-6,12,14,18H,7-11H2,1-2H3;1H. The van der Waals surface area contributed by atoms with Crippen LogP contribution < -0.4 is 5.32 Å². The second-order valence-electron chi connectivity index (χ2n) is 5.96. The van der Waals surface area contributed by atoms with Crippen molar-refractivity contribution < 1.29 is 17.6 Å². The Hall–Kier alpha value is -1.18. The average Bonchev–Trinajstić information content (AvgIpc) is 2.55. The van der Waals surface area contributed by atoms with E-state index in [1.807, 2.05) is 7.05 Å². The molecule has 0 aliphatic carbocycles. The number of piperidine rings is 1. The van der Waals surface area contributed by atoms with Gasteiger partial charge in [0.25, 0.3) is 0 Å². The lowest BCUT2D eigenvalue weighted by molar-refractivity contribution is -0.132. The first kappa shape index (κ1) is 20.9. The highest BCUT2D eigenvalue weighted by atomic mass is 35.5. The lowest BCUT2D eigenvalue weighted by Gasteiger charge is -2.32. The fourth-order valence-corrected chi connectivity index (χ4v) is 4.10. The number of nitrogens with zero attached hydrogens (tertiary/aromatic N) is 1. The van der Waals surface area contributed by atoms with Crippen LogP contribution in [0, 0.1) is 5.82 Å². The lowest BCUT2D eigenvalue weighted by Crippen LogP contribution is -2.45. The van der Waals surface area contributed by atoms with Gasteiger partial charge in [0, 0.05) is 25.6 Å². The Kier molecular flexibility index (Phi) is 7.63. The van der Waals surface area contributed by atoms with E-state index in [1.54, 1.807) is 4.90 Å². The maximum Gasteiger partial charge on any atom is 0.223 e. The minimum atomic E-state index is -3.63. The SMILES string of the molecule is CNC1CCN(C(=O)CC(C)S(=O)(=O)c2ccc(F)cc2)CC1.Cl. The first-order chi connectivity index (χ1) is 10.8. The number of halogens is 2. The monoisotopic (exact) mass is 378 g/mol. The molecule has 0 radical (unpaired) electrons. The van der Waals surface area contributed by atoms with E-state index in [1.165, 1.54) is 19.1 Å². The third kappa shape index (κ3) is 4.91. The van der Waals surface area contributed by atoms with Gasteiger partial charge in [-0.05, 0) is 51.1 Å². The molecule has 0 spiro atoms. The van der Waals surface area contributed by atoms with Crippen molar-refractivity contribution in [1.29, 1.82) is 0 Å². The second-order valence-corrected chi connectivity index (χ2v) is 8.32. The maximum absolute atomic E-state index is 12.9. The fourth-order valence-electron chi connectivity index (χ4n) is 2.76. The van der Waals surface area contributed by atoms with Crippen LogP contribution in [0.5, 0.6) is 0 Å². The summed E-state index contributed by atoms with van der Waals surface area (Å²) < 4.78 is 37.8. The Morgan fingerprint density at radius 3 is 2.33 bits per heavy atom. The molecular formula is C16H24ClFN2O3S. The molecule has 1 fully saturated rings. The van der Waals surface area contributed by atoms with E-state index in [-0.39, 0.29) is 29.6 Å². The van der Waals surface area contributed by atoms with Gasteiger partial charge in [-0.1, -0.05) is 0 Å². The van der Waals surface area contributed by atoms with Crippen LogP contribution in [0.25, 0.3) is 0 Å². The minimum absolute atomic E-state index is 0. The first-order valence-electron chi connectivity index (χ1n) is 7.79. The van der Waals surface area contributed by atoms with Crippen molar-refractivity contribution in [3.05, 3.63) is 30.1 Å². The Morgan fingerprint density at radius 2 is 1.83 bits per heavy atom. The number of carbonyl (C=O) groups is 1. The molecule has 1 aliphatic rings. The molecule has 1 amide bonds. The van der Waals surface area contributed by atoms with Gasteiger partial charge in [0.2, 0.25) is 5.91 Å². The van der Waals surface area contributed by atoms with E-state index >= 15 is 0 Å². The third-order valence-electron chi connectivity index (χ3n) is 4.39. The molecule has 1 aliphatic heterocycles. The van der Waals surface area contributed by atoms with Crippen molar-refractivity contribution in [2.75, 3.05) is 20.1 Å². The van der Waals surface area contributed by atoms with Crippen molar-refractivity contribution in [2.24, 2.45) is 0 Å². The lowest BCUT2D eigenvalue weighted by atomic mass is 10.0. The minimum Gasteiger partial charge on any atom is -0.343 e. The molecule has 5 nitrogen and oxygen atoms in total. The van der Waals surface area contributed by atoms with Crippen LogP contribution in [0.3, 0.4) is 0 Å². The quantitative estimate of drug-likeness (QED) is 0.796. The summed E-state index contributed by atoms with van der Waals surface area (Å²) in [6, 6.07) is 5.13. The normalized spacial score (nSPS) is 17.2. The molecule has 1 aromatic rings. The molecule has 24 heavy (non-hydrogen) atoms. The number of carbonyl (C=O) groups excluding carboxylic acids is 1. The van der Waals surface area contributed by atoms with Crippen LogP contribution in [-0.4, -0.2) is 50.7 Å². The molecule has 0 saturated carbocycles. The summed E-state index contributed by atoms with van der Waals surface area (Å²) in [5, 5.41) is 2.36. The number of rotatable bonds is 5. The fraction of sp³-hybridized carbons (Fsp3) is 0.562. The molecule has 136 valence electrons. The van der Waals surface area contributed by atoms with Gasteiger partial charge in [-0.25, -0.2) is 12.8 Å². The maximum atomic E-state index is 12.9. The summed E-state index contributed by atoms with van der Waals surface area (Å²) in [6.45, 7) is 2.82. The number of benzene rings is 1. The van der Waals surface area contributed by atoms with Gasteiger partial charge >= 0.3 is 0 Å². The highest BCUT2D eigenvalue weighted by Gasteiger charge is 2.29. The van der Waals surface area contributed by atoms with E-state index in [2.05, 4.69) is 5.32 Å². The summed E-state index contributed by atoms with van der Waals surface area (Å²) in [4.78, 5) is 14.1. The summed E-state index contributed by atoms with van der Waals surface area (Å²) in [5.74, 6) is -0.627. The molecule has 1 saturated heterocycles. The molecule has 1 heterocycles. The van der Waals surface area contributed by atoms with Gasteiger partial charge in [-0.3, -0.25) is 4.79 Å². The summed E-state index contributed by atoms with van der Waals surface area (Å²) in [7, 11) is -1.73. The van der Waals surface area contributed by atoms with Gasteiger partial charge < -0.3 is 10.2 Å². The van der Waals surface area contributed by atoms with Crippen LogP contribution in [-0.2, 0) is 14.6 Å². The molecular weight excluding hydrogens is 355 g/mol. The van der Waals surface area contributed by atoms with Gasteiger partial charge in [0.1, 0.15) is 5.82 Å². The zero-order chi connectivity index (χ0) is 17.0. The van der Waals surface area contributed by atoms with Crippen molar-refractivity contribution in [3.8, 4) is 0 Å². The number of hydrogen-bond donors (Lipinski definition) is 1. The predicted molar refractivity (Wildman–Crippen MR) is 93.6 cm³/mol. The number of sulfone groups is 1. The molecule has 1 atom stereocenters. The largest absolute Gasteiger partial charge is 0.343 e. The zero-order valence-electron chi connectivity index (χ0n) is 13.9. The van der Waals surface area contributed by atoms with Gasteiger partial charge in [-0.15, -0.1) is 12.4 Å². The number of amides is 1. The molecule has 0 aromatic heterocycles. The molecule has 1 N–H and O–H groups in total. The van der Waals surface area contributed by atoms with Gasteiger partial charge in [0.15, 0.2) is 9.84 Å². The molecule has 2 rings (SSSR count). The van der Waals surface area contributed by atoms with E-state index in [0.717, 1.165) is 25.0 Å².